The topological polar surface area (TPSA) is 712 Å². The van der Waals surface area contributed by atoms with Gasteiger partial charge in [-0.1, -0.05) is 62.5 Å². The van der Waals surface area contributed by atoms with Crippen LogP contribution in [0.1, 0.15) is 213 Å². The summed E-state index contributed by atoms with van der Waals surface area (Å²) in [5, 5.41) is 84.6. The normalized spacial score (nSPS) is 9.52. The maximum atomic E-state index is 12.8. The number of amides is 1. The van der Waals surface area contributed by atoms with Gasteiger partial charge in [0.25, 0.3) is 22.4 Å². The van der Waals surface area contributed by atoms with Gasteiger partial charge < -0.3 is 85.9 Å². The number of carbonyl (C=O) groups is 8. The van der Waals surface area contributed by atoms with Crippen LogP contribution in [0, 0.1) is 96.0 Å². The van der Waals surface area contributed by atoms with Gasteiger partial charge in [0.2, 0.25) is 11.9 Å². The number of hydrogen-bond donors (Lipinski definition) is 11. The fourth-order valence-corrected chi connectivity index (χ4v) is 12.4. The molecule has 784 valence electrons. The number of unbranched alkanes of at least 4 members (excludes halogenated alkanes) is 1. The molecule has 4 heterocycles. The van der Waals surface area contributed by atoms with Crippen molar-refractivity contribution < 1.29 is 160 Å². The van der Waals surface area contributed by atoms with E-state index < -0.39 is 49.2 Å². The van der Waals surface area contributed by atoms with Gasteiger partial charge in [-0.15, -0.1) is 23.3 Å². The van der Waals surface area contributed by atoms with Crippen LogP contribution < -0.4 is 52.1 Å². The molecule has 10 rings (SSSR count). The molecule has 143 heavy (non-hydrogen) atoms. The molecule has 10 aromatic rings. The minimum atomic E-state index is -4.67. The number of methoxy groups -OCH3 is 6. The first-order chi connectivity index (χ1) is 66.3. The minimum Gasteiger partial charge on any atom is -0.870 e. The molecule has 0 fully saturated rings. The van der Waals surface area contributed by atoms with Crippen LogP contribution in [0.3, 0.4) is 0 Å². The van der Waals surface area contributed by atoms with Crippen molar-refractivity contribution in [1.82, 2.24) is 38.7 Å². The van der Waals surface area contributed by atoms with E-state index in [4.69, 9.17) is 108 Å². The molecule has 0 bridgehead atoms. The number of carbonyl (C=O) groups excluding carboxylic acids is 7. The second kappa shape index (κ2) is 75.6. The molecule has 0 aliphatic heterocycles. The van der Waals surface area contributed by atoms with E-state index in [0.29, 0.717) is 112 Å². The number of nitrogen functional groups attached to an aromatic ring is 2. The Hall–Kier alpha value is -13.3. The summed E-state index contributed by atoms with van der Waals surface area (Å²) < 4.78 is 66.5. The van der Waals surface area contributed by atoms with Gasteiger partial charge in [-0.3, -0.25) is 48.8 Å². The summed E-state index contributed by atoms with van der Waals surface area (Å²) in [6, 6.07) is 24.3. The molecule has 0 spiro atoms. The average molecular weight is 2140 g/mol. The number of carboxylic acid groups (broad SMARTS) is 1. The monoisotopic (exact) mass is 2140 g/mol. The number of rotatable bonds is 24. The second-order valence-corrected chi connectivity index (χ2v) is 30.0. The first-order valence-electron chi connectivity index (χ1n) is 42.1. The summed E-state index contributed by atoms with van der Waals surface area (Å²) in [7, 11) is 5.23. The number of nitrogens with two attached hydrogens (primary N) is 3. The third kappa shape index (κ3) is 50.3. The minimum absolute atomic E-state index is 0. The quantitative estimate of drug-likeness (QED) is 0.00391. The summed E-state index contributed by atoms with van der Waals surface area (Å²) in [4.78, 5) is 131. The Morgan fingerprint density at radius 2 is 0.888 bits per heavy atom. The standard InChI is InChI=1S/C20H25N5O3.C13H17N3O2.C13H15NO4.C13H19NO2.C9H8ClNO4.C9H9ClO2.C7H10N2O2.C3H7N.C2H6O.CBrN.2CH4O.HNO3.Na.H2O4S.H2O/c1-6-8-24-17-12(3)9-14(19(27)28-5)11-15(17)21-20(24)22-18(26)16-10-13(4)23-25(16)7-2;1-4-5-16-11-8(2)6-9(12(17)18-3)7-10(11)15-13(16)14;1-4-5-6-11-9(2)7-10(13(15)18-3)8-12(11)14(16)17;1-4-5-6-11-9(2)7-10(8-12(11)14)13(15)16-3;1-5-3-6(9(12)15-2)4-7(8(5)10)11(13)14;1-6-5-7(9(11)12-2)3-4-8(6)10;1-3-9-6(7(10)11)4-5(2)8-9;1-2-3-4;1-2-3;2-1-3;2*1-2;2-1(3)4;;1-5(2,3)4;/h9-11H,6-8H2,1-5H3,(H,21,22,26);6-7H,4-5H2,1-3H3,(H2,14,15);4,7-8H,1,5-6H2,2-3H3;7-8H,4-6,14H2,1-3H3;3-4H,1-2H3;3-5H,1-2H3;4H,3H2,1-2H3,(H,10,11);2H,1,3-4H2;3H,2H2,1H3;;2*2H,1H3;(H,2,3,4);;(H2,1,2,3,4);1H2/q;;;;;;;;;;;;;+1;;/p-1. The van der Waals surface area contributed by atoms with Crippen LogP contribution in [-0.2, 0) is 77.8 Å². The number of nitro groups is 2. The van der Waals surface area contributed by atoms with E-state index in [2.05, 4.69) is 94.3 Å². The summed E-state index contributed by atoms with van der Waals surface area (Å²) in [5.41, 5.74) is 31.7. The number of aliphatic hydroxyl groups excluding tert-OH is 3. The average Bonchev–Trinajstić information content (AvgIpc) is 1.62. The van der Waals surface area contributed by atoms with E-state index in [1.54, 1.807) is 116 Å². The molecule has 15 N–H and O–H groups in total. The van der Waals surface area contributed by atoms with E-state index in [0.717, 1.165) is 115 Å². The molecule has 6 aromatic carbocycles. The number of halogens is 3. The fourth-order valence-electron chi connectivity index (χ4n) is 12.1. The van der Waals surface area contributed by atoms with E-state index in [-0.39, 0.29) is 98.7 Å². The first kappa shape index (κ1) is 140. The summed E-state index contributed by atoms with van der Waals surface area (Å²) in [6.07, 6.45) is 9.62. The van der Waals surface area contributed by atoms with Crippen LogP contribution in [-0.4, -0.2) is 220 Å². The van der Waals surface area contributed by atoms with E-state index in [1.165, 1.54) is 59.5 Å². The Labute approximate surface area is 869 Å². The molecule has 0 aliphatic carbocycles. The molecule has 0 aliphatic rings. The summed E-state index contributed by atoms with van der Waals surface area (Å²) >= 11 is 13.9. The first-order valence-corrected chi connectivity index (χ1v) is 45.0. The molecule has 0 unspecified atom stereocenters. The molecule has 51 heteroatoms. The van der Waals surface area contributed by atoms with Gasteiger partial charge in [-0.2, -0.15) is 23.9 Å². The SMILES string of the molecule is C=CCCc1c(C)cc(C(=O)OC)cc1[N+](=O)[O-].C=CCN.CCCCc1c(C)cc(C(=O)OC)cc1N.CCCn1c(N)nc2cc(C(=O)OC)cc(C)c21.CCCn1c(NC(=O)c2cc(C)nn2CC)nc2cc(C(=O)OC)cc(C)c21.CCO.CCn1nc(C)cc1C(=O)O.CO.CO.COC(=O)c1cc(C)c(Cl)c([N+](=O)[O-])c1.COC(=O)c1ccc(Cl)c(C)c1.N#CBr.O=S(=O)(O)O.O=[N+]([O-])O.[Na+].[OH-]. The fraction of sp³-hybridized carbons (Fsp3) is 0.380. The van der Waals surface area contributed by atoms with Crippen molar-refractivity contribution in [2.45, 2.75) is 168 Å². The number of ether oxygens (including phenoxy) is 6. The molecular formula is C92H128BrCl2N16NaO30S. The third-order valence-electron chi connectivity index (χ3n) is 17.9. The molecule has 1 amide bonds. The number of fused-ring (bicyclic) bond motifs is 2. The molecule has 46 nitrogen and oxygen atoms in total. The van der Waals surface area contributed by atoms with Crippen molar-refractivity contribution in [1.29, 1.82) is 5.26 Å². The van der Waals surface area contributed by atoms with Crippen LogP contribution >= 0.6 is 39.1 Å². The smallest absolute Gasteiger partial charge is 0.870 e. The Balaban J connectivity index is -0.000000373. The van der Waals surface area contributed by atoms with Crippen molar-refractivity contribution in [3.8, 4) is 4.98 Å². The Kier molecular flexibility index (Phi) is 74.2. The number of nitriles is 1. The van der Waals surface area contributed by atoms with E-state index in [1.807, 2.05) is 63.7 Å². The number of aromatic carboxylic acids is 1. The number of hydrogen-bond acceptors (Lipinski definition) is 34. The molecule has 0 saturated heterocycles. The Morgan fingerprint density at radius 1 is 0.545 bits per heavy atom. The van der Waals surface area contributed by atoms with Gasteiger partial charge in [-0.05, 0) is 232 Å². The Morgan fingerprint density at radius 3 is 1.24 bits per heavy atom. The molecule has 0 radical (unpaired) electrons. The predicted octanol–water partition coefficient (Wildman–Crippen LogP) is 12.7. The number of aromatic nitrogens is 8. The zero-order valence-electron chi connectivity index (χ0n) is 84.1. The number of benzene rings is 6. The van der Waals surface area contributed by atoms with Crippen molar-refractivity contribution in [3.63, 3.8) is 0 Å². The summed E-state index contributed by atoms with van der Waals surface area (Å²) in [5.74, 6) is -2.90. The second-order valence-electron chi connectivity index (χ2n) is 28.0. The summed E-state index contributed by atoms with van der Waals surface area (Å²) in [6.45, 7) is 36.9. The predicted molar refractivity (Wildman–Crippen MR) is 539 cm³/mol. The number of carboxylic acids is 1. The number of aliphatic hydroxyl groups is 3. The number of allylic oxidation sites excluding steroid dienone is 1. The van der Waals surface area contributed by atoms with Gasteiger partial charge in [0, 0.05) is 97.9 Å². The number of anilines is 3. The number of nitrogens with zero attached hydrogens (tertiary/aromatic N) is 12. The van der Waals surface area contributed by atoms with Crippen LogP contribution in [0.15, 0.2) is 116 Å². The van der Waals surface area contributed by atoms with Gasteiger partial charge in [-0.25, -0.2) is 43.5 Å². The number of aryl methyl sites for hydroxylation is 12. The molecule has 0 atom stereocenters. The van der Waals surface area contributed by atoms with Crippen LogP contribution in [0.25, 0.3) is 22.1 Å². The maximum absolute atomic E-state index is 12.8. The van der Waals surface area contributed by atoms with Gasteiger partial charge >= 0.3 is 81.7 Å². The van der Waals surface area contributed by atoms with E-state index in [9.17, 15) is 58.6 Å². The Bertz CT molecular complexity index is 5930. The van der Waals surface area contributed by atoms with Crippen molar-refractivity contribution in [2.75, 3.05) is 86.8 Å². The van der Waals surface area contributed by atoms with Gasteiger partial charge in [0.1, 0.15) is 21.4 Å². The molecule has 0 saturated carbocycles. The number of imidazole rings is 2. The number of nitro benzene ring substituents is 2. The largest absolute Gasteiger partial charge is 1.00 e. The zero-order valence-corrected chi connectivity index (χ0v) is 90.0. The number of esters is 6. The van der Waals surface area contributed by atoms with Crippen LogP contribution in [0.4, 0.5) is 29.0 Å². The van der Waals surface area contributed by atoms with Crippen molar-refractivity contribution in [2.24, 2.45) is 5.73 Å². The van der Waals surface area contributed by atoms with Crippen LogP contribution in [0.2, 0.25) is 10.0 Å². The number of nitrogens with one attached hydrogen (secondary N) is 1. The van der Waals surface area contributed by atoms with Crippen molar-refractivity contribution in [3.05, 3.63) is 257 Å². The van der Waals surface area contributed by atoms with Crippen LogP contribution in [0.5, 0.6) is 0 Å². The van der Waals surface area contributed by atoms with E-state index >= 15 is 0 Å². The third-order valence-corrected chi connectivity index (χ3v) is 18.8. The maximum Gasteiger partial charge on any atom is 1.00 e. The molecular weight excluding hydrogens is 2010 g/mol. The van der Waals surface area contributed by atoms with Gasteiger partial charge in [0.15, 0.2) is 0 Å². The van der Waals surface area contributed by atoms with Crippen molar-refractivity contribution >= 4 is 148 Å². The molecule has 4 aromatic heterocycles. The van der Waals surface area contributed by atoms with Gasteiger partial charge in [0.05, 0.1) is 119 Å². The zero-order chi connectivity index (χ0) is 110.